The first-order valence-electron chi connectivity index (χ1n) is 6.26. The van der Waals surface area contributed by atoms with Gasteiger partial charge in [0.25, 0.3) is 0 Å². The molecule has 108 valence electrons. The summed E-state index contributed by atoms with van der Waals surface area (Å²) in [6, 6.07) is 6.63. The molecule has 0 radical (unpaired) electrons. The molecule has 1 aromatic carbocycles. The van der Waals surface area contributed by atoms with Gasteiger partial charge in [-0.1, -0.05) is 17.7 Å². The number of nitrogens with zero attached hydrogens (tertiary/aromatic N) is 1. The lowest BCUT2D eigenvalue weighted by atomic mass is 9.73. The topological polar surface area (TPSA) is 83.9 Å². The van der Waals surface area contributed by atoms with Crippen molar-refractivity contribution in [1.82, 2.24) is 4.31 Å². The van der Waals surface area contributed by atoms with E-state index in [1.807, 2.05) is 6.92 Å². The van der Waals surface area contributed by atoms with Gasteiger partial charge >= 0.3 is 5.97 Å². The van der Waals surface area contributed by atoms with Crippen LogP contribution >= 0.6 is 0 Å². The van der Waals surface area contributed by atoms with Gasteiger partial charge in [0.05, 0.1) is 16.9 Å². The van der Waals surface area contributed by atoms with Crippen molar-refractivity contribution in [3.05, 3.63) is 29.8 Å². The largest absolute Gasteiger partial charge is 0.479 e. The lowest BCUT2D eigenvalue weighted by Gasteiger charge is -2.57. The lowest BCUT2D eigenvalue weighted by Crippen LogP contribution is -2.73. The number of carboxylic acids is 1. The van der Waals surface area contributed by atoms with Crippen molar-refractivity contribution in [1.29, 1.82) is 0 Å². The molecule has 0 saturated carbocycles. The Morgan fingerprint density at radius 1 is 1.35 bits per heavy atom. The zero-order valence-electron chi connectivity index (χ0n) is 10.9. The van der Waals surface area contributed by atoms with E-state index < -0.39 is 27.5 Å². The normalized spacial score (nSPS) is 24.9. The molecule has 1 N–H and O–H groups in total. The molecule has 7 heteroatoms. The van der Waals surface area contributed by atoms with Crippen LogP contribution in [0, 0.1) is 12.3 Å². The van der Waals surface area contributed by atoms with Gasteiger partial charge in [-0.2, -0.15) is 4.31 Å². The monoisotopic (exact) mass is 297 g/mol. The highest BCUT2D eigenvalue weighted by Gasteiger charge is 2.62. The van der Waals surface area contributed by atoms with Crippen molar-refractivity contribution < 1.29 is 23.1 Å². The third kappa shape index (κ3) is 1.85. The molecule has 2 heterocycles. The van der Waals surface area contributed by atoms with E-state index in [4.69, 9.17) is 9.84 Å². The molecular weight excluding hydrogens is 282 g/mol. The molecule has 20 heavy (non-hydrogen) atoms. The smallest absolute Gasteiger partial charge is 0.333 e. The molecule has 0 unspecified atom stereocenters. The molecule has 2 aliphatic rings. The quantitative estimate of drug-likeness (QED) is 0.876. The SMILES string of the molecule is Cc1ccc(S(=O)(=O)N2CC3(CO[C@H]3C(=O)O)C2)cc1. The standard InChI is InChI=1S/C13H15NO5S/c1-9-2-4-10(5-3-9)20(17,18)14-6-13(7-14)8-19-11(13)12(15)16/h2-5,11H,6-8H2,1H3,(H,15,16)/t11-/m0/s1. The Balaban J connectivity index is 1.76. The van der Waals surface area contributed by atoms with Crippen molar-refractivity contribution in [2.24, 2.45) is 5.41 Å². The van der Waals surface area contributed by atoms with E-state index in [-0.39, 0.29) is 18.0 Å². The average molecular weight is 297 g/mol. The van der Waals surface area contributed by atoms with Crippen molar-refractivity contribution >= 4 is 16.0 Å². The molecule has 3 rings (SSSR count). The van der Waals surface area contributed by atoms with Crippen LogP contribution in [0.15, 0.2) is 29.2 Å². The van der Waals surface area contributed by atoms with Gasteiger partial charge in [-0.05, 0) is 19.1 Å². The minimum absolute atomic E-state index is 0.209. The van der Waals surface area contributed by atoms with Gasteiger partial charge < -0.3 is 9.84 Å². The number of carbonyl (C=O) groups is 1. The second-order valence-corrected chi connectivity index (χ2v) is 7.42. The number of benzene rings is 1. The van der Waals surface area contributed by atoms with Crippen LogP contribution in [0.5, 0.6) is 0 Å². The molecule has 0 aromatic heterocycles. The number of sulfonamides is 1. The van der Waals surface area contributed by atoms with Gasteiger partial charge in [0.2, 0.25) is 10.0 Å². The highest BCUT2D eigenvalue weighted by atomic mass is 32.2. The number of rotatable bonds is 3. The maximum atomic E-state index is 12.4. The Morgan fingerprint density at radius 3 is 2.40 bits per heavy atom. The van der Waals surface area contributed by atoms with E-state index in [1.165, 1.54) is 4.31 Å². The zero-order chi connectivity index (χ0) is 14.5. The number of hydrogen-bond acceptors (Lipinski definition) is 4. The number of ether oxygens (including phenoxy) is 1. The molecule has 2 aliphatic heterocycles. The fourth-order valence-electron chi connectivity index (χ4n) is 2.68. The molecule has 0 aliphatic carbocycles. The summed E-state index contributed by atoms with van der Waals surface area (Å²) in [7, 11) is -3.53. The van der Waals surface area contributed by atoms with E-state index in [0.717, 1.165) is 5.56 Å². The summed E-state index contributed by atoms with van der Waals surface area (Å²) in [4.78, 5) is 11.2. The maximum absolute atomic E-state index is 12.4. The van der Waals surface area contributed by atoms with Gasteiger partial charge in [-0.15, -0.1) is 0 Å². The van der Waals surface area contributed by atoms with Crippen LogP contribution in [0.25, 0.3) is 0 Å². The van der Waals surface area contributed by atoms with Crippen LogP contribution in [0.2, 0.25) is 0 Å². The third-order valence-corrected chi connectivity index (χ3v) is 5.77. The van der Waals surface area contributed by atoms with E-state index in [2.05, 4.69) is 0 Å². The molecule has 0 bridgehead atoms. The van der Waals surface area contributed by atoms with Gasteiger partial charge in [-0.3, -0.25) is 0 Å². The number of hydrogen-bond donors (Lipinski definition) is 1. The number of aliphatic carboxylic acids is 1. The number of aryl methyl sites for hydroxylation is 1. The van der Waals surface area contributed by atoms with E-state index in [9.17, 15) is 13.2 Å². The molecule has 2 fully saturated rings. The highest BCUT2D eigenvalue weighted by molar-refractivity contribution is 7.89. The minimum Gasteiger partial charge on any atom is -0.479 e. The van der Waals surface area contributed by atoms with Gasteiger partial charge in [-0.25, -0.2) is 13.2 Å². The van der Waals surface area contributed by atoms with Crippen LogP contribution in [0.4, 0.5) is 0 Å². The van der Waals surface area contributed by atoms with E-state index in [1.54, 1.807) is 24.3 Å². The predicted octanol–water partition coefficient (Wildman–Crippen LogP) is 0.469. The Hall–Kier alpha value is -1.44. The summed E-state index contributed by atoms with van der Waals surface area (Å²) in [5.74, 6) is -1.02. The van der Waals surface area contributed by atoms with Gasteiger partial charge in [0, 0.05) is 13.1 Å². The fraction of sp³-hybridized carbons (Fsp3) is 0.462. The summed E-state index contributed by atoms with van der Waals surface area (Å²) in [6.07, 6.45) is -0.882. The molecule has 6 nitrogen and oxygen atoms in total. The Kier molecular flexibility index (Phi) is 2.89. The highest BCUT2D eigenvalue weighted by Crippen LogP contribution is 2.45. The molecule has 1 atom stereocenters. The lowest BCUT2D eigenvalue weighted by molar-refractivity contribution is -0.236. The van der Waals surface area contributed by atoms with Gasteiger partial charge in [0.15, 0.2) is 6.10 Å². The zero-order valence-corrected chi connectivity index (χ0v) is 11.8. The van der Waals surface area contributed by atoms with Crippen molar-refractivity contribution in [2.75, 3.05) is 19.7 Å². The van der Waals surface area contributed by atoms with Gasteiger partial charge in [0.1, 0.15) is 0 Å². The second kappa shape index (κ2) is 4.28. The average Bonchev–Trinajstić information content (AvgIpc) is 2.25. The minimum atomic E-state index is -3.53. The van der Waals surface area contributed by atoms with Crippen molar-refractivity contribution in [3.8, 4) is 0 Å². The van der Waals surface area contributed by atoms with E-state index in [0.29, 0.717) is 6.61 Å². The second-order valence-electron chi connectivity index (χ2n) is 5.48. The van der Waals surface area contributed by atoms with Crippen LogP contribution < -0.4 is 0 Å². The molecule has 1 aromatic rings. The van der Waals surface area contributed by atoms with Crippen molar-refractivity contribution in [3.63, 3.8) is 0 Å². The predicted molar refractivity (Wildman–Crippen MR) is 69.7 cm³/mol. The van der Waals surface area contributed by atoms with Crippen LogP contribution in [0.3, 0.4) is 0 Å². The van der Waals surface area contributed by atoms with Crippen molar-refractivity contribution in [2.45, 2.75) is 17.9 Å². The first kappa shape index (κ1) is 13.5. The summed E-state index contributed by atoms with van der Waals surface area (Å²) >= 11 is 0. The summed E-state index contributed by atoms with van der Waals surface area (Å²) < 4.78 is 31.1. The Labute approximate surface area is 117 Å². The summed E-state index contributed by atoms with van der Waals surface area (Å²) in [5, 5.41) is 8.98. The fourth-order valence-corrected chi connectivity index (χ4v) is 4.31. The Bertz CT molecular complexity index is 646. The molecule has 1 spiro atoms. The van der Waals surface area contributed by atoms with Crippen LogP contribution in [-0.2, 0) is 19.6 Å². The van der Waals surface area contributed by atoms with Crippen LogP contribution in [-0.4, -0.2) is 49.6 Å². The molecule has 2 saturated heterocycles. The number of carboxylic acid groups (broad SMARTS) is 1. The summed E-state index contributed by atoms with van der Waals surface area (Å²) in [5.41, 5.74) is 0.450. The molecular formula is C13H15NO5S. The Morgan fingerprint density at radius 2 is 1.95 bits per heavy atom. The van der Waals surface area contributed by atoms with Crippen LogP contribution in [0.1, 0.15) is 5.56 Å². The first-order chi connectivity index (χ1) is 9.35. The third-order valence-electron chi connectivity index (χ3n) is 3.96. The first-order valence-corrected chi connectivity index (χ1v) is 7.70. The molecule has 0 amide bonds. The van der Waals surface area contributed by atoms with E-state index >= 15 is 0 Å². The summed E-state index contributed by atoms with van der Waals surface area (Å²) in [6.45, 7) is 2.61. The maximum Gasteiger partial charge on any atom is 0.333 e.